The van der Waals surface area contributed by atoms with Crippen molar-refractivity contribution in [3.8, 4) is 5.75 Å². The van der Waals surface area contributed by atoms with Gasteiger partial charge in [-0.25, -0.2) is 4.39 Å². The molecule has 2 rings (SSSR count). The molecule has 0 saturated heterocycles. The van der Waals surface area contributed by atoms with Crippen molar-refractivity contribution < 1.29 is 13.9 Å². The Hall–Kier alpha value is -2.23. The molecule has 3 nitrogen and oxygen atoms in total. The fourth-order valence-corrected chi connectivity index (χ4v) is 1.80. The van der Waals surface area contributed by atoms with E-state index in [0.717, 1.165) is 5.56 Å². The molecule has 98 valence electrons. The number of rotatable bonds is 4. The minimum absolute atomic E-state index is 0.130. The van der Waals surface area contributed by atoms with E-state index >= 15 is 0 Å². The molecule has 0 N–H and O–H groups in total. The number of methoxy groups -OCH3 is 1. The molecule has 2 aromatic rings. The molecule has 4 heteroatoms. The highest BCUT2D eigenvalue weighted by Gasteiger charge is 2.12. The quantitative estimate of drug-likeness (QED) is 0.792. The average molecular weight is 259 g/mol. The van der Waals surface area contributed by atoms with Crippen LogP contribution in [0.3, 0.4) is 0 Å². The van der Waals surface area contributed by atoms with Crippen molar-refractivity contribution in [1.29, 1.82) is 0 Å². The highest BCUT2D eigenvalue weighted by Crippen LogP contribution is 2.19. The van der Waals surface area contributed by atoms with Crippen LogP contribution < -0.4 is 4.74 Å². The van der Waals surface area contributed by atoms with Crippen molar-refractivity contribution in [2.45, 2.75) is 13.3 Å². The Bertz CT molecular complexity index is 611. The second kappa shape index (κ2) is 5.61. The topological polar surface area (TPSA) is 39.2 Å². The zero-order valence-corrected chi connectivity index (χ0v) is 10.8. The molecule has 0 unspecified atom stereocenters. The summed E-state index contributed by atoms with van der Waals surface area (Å²) in [5.74, 6) is -0.569. The van der Waals surface area contributed by atoms with Crippen molar-refractivity contribution in [1.82, 2.24) is 4.98 Å². The van der Waals surface area contributed by atoms with Crippen molar-refractivity contribution in [3.63, 3.8) is 0 Å². The second-order valence-corrected chi connectivity index (χ2v) is 4.22. The first kappa shape index (κ1) is 13.2. The molecule has 1 aromatic heterocycles. The second-order valence-electron chi connectivity index (χ2n) is 4.22. The molecule has 0 aliphatic carbocycles. The highest BCUT2D eigenvalue weighted by molar-refractivity contribution is 5.97. The number of ketones is 1. The third kappa shape index (κ3) is 2.96. The lowest BCUT2D eigenvalue weighted by Crippen LogP contribution is -2.07. The summed E-state index contributed by atoms with van der Waals surface area (Å²) in [7, 11) is 1.39. The number of pyridine rings is 1. The van der Waals surface area contributed by atoms with E-state index < -0.39 is 5.82 Å². The number of ether oxygens (including phenoxy) is 1. The van der Waals surface area contributed by atoms with Gasteiger partial charge in [-0.2, -0.15) is 0 Å². The largest absolute Gasteiger partial charge is 0.494 e. The van der Waals surface area contributed by atoms with Gasteiger partial charge in [-0.3, -0.25) is 9.78 Å². The van der Waals surface area contributed by atoms with E-state index in [9.17, 15) is 9.18 Å². The van der Waals surface area contributed by atoms with Crippen molar-refractivity contribution in [2.75, 3.05) is 7.11 Å². The van der Waals surface area contributed by atoms with Crippen LogP contribution >= 0.6 is 0 Å². The van der Waals surface area contributed by atoms with Gasteiger partial charge >= 0.3 is 0 Å². The van der Waals surface area contributed by atoms with Crippen LogP contribution in [0, 0.1) is 12.7 Å². The highest BCUT2D eigenvalue weighted by atomic mass is 19.1. The van der Waals surface area contributed by atoms with Gasteiger partial charge < -0.3 is 4.74 Å². The van der Waals surface area contributed by atoms with Gasteiger partial charge in [0.25, 0.3) is 0 Å². The monoisotopic (exact) mass is 259 g/mol. The number of hydrogen-bond donors (Lipinski definition) is 0. The number of halogens is 1. The van der Waals surface area contributed by atoms with Gasteiger partial charge in [-0.1, -0.05) is 6.07 Å². The Morgan fingerprint density at radius 1 is 1.37 bits per heavy atom. The molecule has 0 aliphatic rings. The van der Waals surface area contributed by atoms with E-state index in [0.29, 0.717) is 11.3 Å². The zero-order valence-electron chi connectivity index (χ0n) is 10.8. The number of hydrogen-bond acceptors (Lipinski definition) is 3. The average Bonchev–Trinajstić information content (AvgIpc) is 2.41. The van der Waals surface area contributed by atoms with E-state index in [1.807, 2.05) is 19.1 Å². The Labute approximate surface area is 111 Å². The first-order chi connectivity index (χ1) is 9.11. The van der Waals surface area contributed by atoms with E-state index in [-0.39, 0.29) is 18.0 Å². The van der Waals surface area contributed by atoms with E-state index in [1.165, 1.54) is 19.2 Å². The minimum Gasteiger partial charge on any atom is -0.494 e. The minimum atomic E-state index is -0.536. The van der Waals surface area contributed by atoms with E-state index in [4.69, 9.17) is 4.74 Å². The summed E-state index contributed by atoms with van der Waals surface area (Å²) in [6.07, 6.45) is 1.81. The maximum absolute atomic E-state index is 13.5. The fraction of sp³-hybridized carbons (Fsp3) is 0.200. The lowest BCUT2D eigenvalue weighted by molar-refractivity contribution is 0.0991. The van der Waals surface area contributed by atoms with Crippen LogP contribution in [0.15, 0.2) is 36.5 Å². The summed E-state index contributed by atoms with van der Waals surface area (Å²) >= 11 is 0. The molecule has 0 saturated carbocycles. The lowest BCUT2D eigenvalue weighted by atomic mass is 10.0. The molecule has 0 amide bonds. The first-order valence-corrected chi connectivity index (χ1v) is 5.89. The number of aromatic nitrogens is 1. The molecule has 1 aromatic carbocycles. The van der Waals surface area contributed by atoms with Crippen molar-refractivity contribution in [2.24, 2.45) is 0 Å². The number of nitrogens with zero attached hydrogens (tertiary/aromatic N) is 1. The van der Waals surface area contributed by atoms with Crippen LogP contribution in [0.5, 0.6) is 5.75 Å². The van der Waals surface area contributed by atoms with Gasteiger partial charge in [0.15, 0.2) is 17.3 Å². The fourth-order valence-electron chi connectivity index (χ4n) is 1.80. The number of carbonyl (C=O) groups excluding carboxylic acids is 1. The predicted molar refractivity (Wildman–Crippen MR) is 70.0 cm³/mol. The molecule has 1 heterocycles. The summed E-state index contributed by atoms with van der Waals surface area (Å²) in [6, 6.07) is 7.91. The number of benzene rings is 1. The van der Waals surface area contributed by atoms with Crippen LogP contribution in [0.25, 0.3) is 0 Å². The third-order valence-electron chi connectivity index (χ3n) is 2.92. The number of Topliss-reactive ketones (excluding diaryl/α,β-unsaturated/α-hetero) is 1. The SMILES string of the molecule is COc1ccc(C(=O)Cc2ncccc2C)cc1F. The summed E-state index contributed by atoms with van der Waals surface area (Å²) in [4.78, 5) is 16.2. The molecule has 0 bridgehead atoms. The standard InChI is InChI=1S/C15H14FNO2/c1-10-4-3-7-17-13(10)9-14(18)11-5-6-15(19-2)12(16)8-11/h3-8H,9H2,1-2H3. The summed E-state index contributed by atoms with van der Waals surface area (Å²) in [6.45, 7) is 1.89. The molecule has 0 aliphatic heterocycles. The van der Waals surface area contributed by atoms with Gasteiger partial charge in [-0.15, -0.1) is 0 Å². The molecule has 0 fully saturated rings. The number of carbonyl (C=O) groups is 1. The van der Waals surface area contributed by atoms with Crippen molar-refractivity contribution in [3.05, 3.63) is 59.2 Å². The van der Waals surface area contributed by atoms with Crippen LogP contribution in [0.4, 0.5) is 4.39 Å². The van der Waals surface area contributed by atoms with Crippen LogP contribution in [-0.2, 0) is 6.42 Å². The van der Waals surface area contributed by atoms with Gasteiger partial charge in [0, 0.05) is 11.8 Å². The summed E-state index contributed by atoms with van der Waals surface area (Å²) in [5.41, 5.74) is 1.98. The smallest absolute Gasteiger partial charge is 0.168 e. The maximum atomic E-state index is 13.5. The third-order valence-corrected chi connectivity index (χ3v) is 2.92. The Morgan fingerprint density at radius 2 is 2.16 bits per heavy atom. The molecule has 0 radical (unpaired) electrons. The van der Waals surface area contributed by atoms with Crippen LogP contribution in [0.1, 0.15) is 21.6 Å². The zero-order chi connectivity index (χ0) is 13.8. The first-order valence-electron chi connectivity index (χ1n) is 5.89. The predicted octanol–water partition coefficient (Wildman–Crippen LogP) is 2.96. The molecule has 0 spiro atoms. The van der Waals surface area contributed by atoms with Gasteiger partial charge in [-0.05, 0) is 36.8 Å². The molecular formula is C15H14FNO2. The molecular weight excluding hydrogens is 245 g/mol. The number of aryl methyl sites for hydroxylation is 1. The summed E-state index contributed by atoms with van der Waals surface area (Å²) < 4.78 is 18.4. The lowest BCUT2D eigenvalue weighted by Gasteiger charge is -2.06. The Kier molecular flexibility index (Phi) is 3.90. The molecule has 0 atom stereocenters. The van der Waals surface area contributed by atoms with E-state index in [2.05, 4.69) is 4.98 Å². The normalized spacial score (nSPS) is 10.3. The maximum Gasteiger partial charge on any atom is 0.168 e. The Morgan fingerprint density at radius 3 is 2.79 bits per heavy atom. The Balaban J connectivity index is 2.21. The summed E-state index contributed by atoms with van der Waals surface area (Å²) in [5, 5.41) is 0. The van der Waals surface area contributed by atoms with Gasteiger partial charge in [0.1, 0.15) is 0 Å². The van der Waals surface area contributed by atoms with Gasteiger partial charge in [0.05, 0.1) is 19.2 Å². The van der Waals surface area contributed by atoms with E-state index in [1.54, 1.807) is 12.3 Å². The van der Waals surface area contributed by atoms with Crippen molar-refractivity contribution >= 4 is 5.78 Å². The molecule has 19 heavy (non-hydrogen) atoms. The van der Waals surface area contributed by atoms with Gasteiger partial charge in [0.2, 0.25) is 0 Å². The van der Waals surface area contributed by atoms with Crippen LogP contribution in [0.2, 0.25) is 0 Å². The van der Waals surface area contributed by atoms with Crippen LogP contribution in [-0.4, -0.2) is 17.9 Å².